The Morgan fingerprint density at radius 1 is 1.29 bits per heavy atom. The van der Waals surface area contributed by atoms with E-state index >= 15 is 0 Å². The van der Waals surface area contributed by atoms with Gasteiger partial charge in [-0.3, -0.25) is 9.59 Å². The number of hydrogen-bond acceptors (Lipinski definition) is 8. The highest BCUT2D eigenvalue weighted by molar-refractivity contribution is 5.90. The first-order valence-corrected chi connectivity index (χ1v) is 11.2. The van der Waals surface area contributed by atoms with Crippen molar-refractivity contribution in [2.24, 2.45) is 5.73 Å². The normalized spacial score (nSPS) is 18.8. The minimum atomic E-state index is -1.88. The molecule has 1 aromatic carbocycles. The summed E-state index contributed by atoms with van der Waals surface area (Å²) in [6, 6.07) is 11.3. The Labute approximate surface area is 200 Å². The lowest BCUT2D eigenvalue weighted by Gasteiger charge is -2.37. The molecule has 2 aromatic heterocycles. The summed E-state index contributed by atoms with van der Waals surface area (Å²) in [4.78, 5) is 56.9. The van der Waals surface area contributed by atoms with Crippen LogP contribution in [0.25, 0.3) is 22.3 Å². The third-order valence-electron chi connectivity index (χ3n) is 6.81. The Balaban J connectivity index is 1.66. The van der Waals surface area contributed by atoms with Gasteiger partial charge in [0.25, 0.3) is 5.56 Å². The number of para-hydroxylation sites is 1. The zero-order valence-corrected chi connectivity index (χ0v) is 19.5. The van der Waals surface area contributed by atoms with E-state index in [0.717, 1.165) is 21.4 Å². The third-order valence-corrected chi connectivity index (χ3v) is 6.81. The molecule has 2 aliphatic rings. The van der Waals surface area contributed by atoms with Gasteiger partial charge in [-0.1, -0.05) is 25.1 Å². The van der Waals surface area contributed by atoms with E-state index in [-0.39, 0.29) is 29.7 Å². The van der Waals surface area contributed by atoms with Crippen molar-refractivity contribution in [1.82, 2.24) is 14.5 Å². The fourth-order valence-electron chi connectivity index (χ4n) is 4.67. The number of carbonyl (C=O) groups is 3. The summed E-state index contributed by atoms with van der Waals surface area (Å²) in [7, 11) is 1.35. The number of nitrogens with zero attached hydrogens (tertiary/aromatic N) is 3. The van der Waals surface area contributed by atoms with E-state index in [1.807, 2.05) is 30.3 Å². The molecule has 3 aromatic rings. The first-order valence-electron chi connectivity index (χ1n) is 11.2. The largest absolute Gasteiger partial charge is 0.457 e. The summed E-state index contributed by atoms with van der Waals surface area (Å²) in [6.07, 6.45) is -1.43. The molecule has 2 aliphatic heterocycles. The van der Waals surface area contributed by atoms with Crippen LogP contribution in [0.15, 0.2) is 41.2 Å². The number of rotatable bonds is 4. The molecule has 35 heavy (non-hydrogen) atoms. The summed E-state index contributed by atoms with van der Waals surface area (Å²) in [5.74, 6) is -2.23. The molecule has 10 heteroatoms. The van der Waals surface area contributed by atoms with E-state index in [4.69, 9.17) is 20.2 Å². The van der Waals surface area contributed by atoms with Crippen molar-refractivity contribution in [3.63, 3.8) is 0 Å². The minimum absolute atomic E-state index is 0.00196. The maximum absolute atomic E-state index is 13.5. The van der Waals surface area contributed by atoms with Crippen molar-refractivity contribution in [3.05, 3.63) is 63.4 Å². The Hall–Kier alpha value is -4.05. The summed E-state index contributed by atoms with van der Waals surface area (Å²) >= 11 is 0. The average molecular weight is 476 g/mol. The van der Waals surface area contributed by atoms with Crippen molar-refractivity contribution in [2.45, 2.75) is 45.2 Å². The van der Waals surface area contributed by atoms with Crippen LogP contribution in [-0.4, -0.2) is 45.5 Å². The van der Waals surface area contributed by atoms with Gasteiger partial charge in [-0.05, 0) is 24.6 Å². The van der Waals surface area contributed by atoms with Gasteiger partial charge < -0.3 is 24.7 Å². The zero-order valence-electron chi connectivity index (χ0n) is 19.5. The predicted molar refractivity (Wildman–Crippen MR) is 125 cm³/mol. The molecule has 0 saturated heterocycles. The highest BCUT2D eigenvalue weighted by atomic mass is 16.6. The van der Waals surface area contributed by atoms with Gasteiger partial charge in [-0.25, -0.2) is 14.6 Å². The lowest BCUT2D eigenvalue weighted by atomic mass is 9.85. The van der Waals surface area contributed by atoms with Crippen LogP contribution in [0.2, 0.25) is 0 Å². The average Bonchev–Trinajstić information content (AvgIpc) is 3.21. The van der Waals surface area contributed by atoms with E-state index in [2.05, 4.69) is 0 Å². The van der Waals surface area contributed by atoms with Crippen molar-refractivity contribution >= 4 is 28.7 Å². The Morgan fingerprint density at radius 3 is 2.74 bits per heavy atom. The number of likely N-dealkylation sites (N-methyl/N-ethyl adjacent to an activating group) is 1. The molecule has 0 bridgehead atoms. The SMILES string of the molecule is CCC1(OC(=O)[C@@H](N)N(C)C(C)=O)C(=O)OCc2c1cc1n(c2=O)Cc2cc3ccccc3nc2-1. The molecule has 1 amide bonds. The van der Waals surface area contributed by atoms with Crippen LogP contribution in [0, 0.1) is 0 Å². The topological polar surface area (TPSA) is 134 Å². The smallest absolute Gasteiger partial charge is 0.355 e. The lowest BCUT2D eigenvalue weighted by Crippen LogP contribution is -2.54. The lowest BCUT2D eigenvalue weighted by molar-refractivity contribution is -0.192. The highest BCUT2D eigenvalue weighted by Crippen LogP contribution is 2.41. The third kappa shape index (κ3) is 3.32. The molecule has 2 atom stereocenters. The van der Waals surface area contributed by atoms with E-state index in [1.54, 1.807) is 17.6 Å². The number of benzene rings is 1. The van der Waals surface area contributed by atoms with Crippen molar-refractivity contribution < 1.29 is 23.9 Å². The molecule has 10 nitrogen and oxygen atoms in total. The Morgan fingerprint density at radius 2 is 2.03 bits per heavy atom. The second-order valence-corrected chi connectivity index (χ2v) is 8.75. The van der Waals surface area contributed by atoms with Crippen LogP contribution in [0.1, 0.15) is 37.0 Å². The second-order valence-electron chi connectivity index (χ2n) is 8.75. The molecule has 5 rings (SSSR count). The molecule has 180 valence electrons. The Kier molecular flexibility index (Phi) is 5.21. The maximum atomic E-state index is 13.5. The predicted octanol–water partition coefficient (Wildman–Crippen LogP) is 1.39. The molecule has 0 fully saturated rings. The Bertz CT molecular complexity index is 1480. The number of pyridine rings is 2. The summed E-state index contributed by atoms with van der Waals surface area (Å²) in [6.45, 7) is 2.99. The number of amides is 1. The first-order chi connectivity index (χ1) is 16.7. The quantitative estimate of drug-likeness (QED) is 0.345. The summed E-state index contributed by atoms with van der Waals surface area (Å²) < 4.78 is 12.6. The molecular weight excluding hydrogens is 452 g/mol. The molecule has 0 aliphatic carbocycles. The number of esters is 2. The number of cyclic esters (lactones) is 1. The van der Waals surface area contributed by atoms with Gasteiger partial charge in [0, 0.05) is 30.5 Å². The summed E-state index contributed by atoms with van der Waals surface area (Å²) in [5.41, 5.74) is 6.97. The molecule has 2 N–H and O–H groups in total. The fourth-order valence-corrected chi connectivity index (χ4v) is 4.67. The molecule has 1 unspecified atom stereocenters. The molecule has 0 radical (unpaired) electrons. The van der Waals surface area contributed by atoms with Gasteiger partial charge in [-0.15, -0.1) is 0 Å². The van der Waals surface area contributed by atoms with Gasteiger partial charge in [0.1, 0.15) is 6.61 Å². The molecular formula is C25H24N4O6. The van der Waals surface area contributed by atoms with E-state index < -0.39 is 29.6 Å². The van der Waals surface area contributed by atoms with Crippen LogP contribution in [0.4, 0.5) is 0 Å². The van der Waals surface area contributed by atoms with Crippen LogP contribution < -0.4 is 11.3 Å². The van der Waals surface area contributed by atoms with Gasteiger partial charge in [-0.2, -0.15) is 0 Å². The van der Waals surface area contributed by atoms with Gasteiger partial charge in [0.2, 0.25) is 11.5 Å². The summed E-state index contributed by atoms with van der Waals surface area (Å²) in [5, 5.41) is 0.954. The number of hydrogen-bond donors (Lipinski definition) is 1. The van der Waals surface area contributed by atoms with Gasteiger partial charge in [0.05, 0.1) is 29.0 Å². The van der Waals surface area contributed by atoms with Gasteiger partial charge >= 0.3 is 11.9 Å². The van der Waals surface area contributed by atoms with Crippen LogP contribution >= 0.6 is 0 Å². The minimum Gasteiger partial charge on any atom is -0.457 e. The zero-order chi connectivity index (χ0) is 25.1. The number of ether oxygens (including phenoxy) is 2. The number of fused-ring (bicyclic) bond motifs is 5. The first kappa shape index (κ1) is 22.7. The second kappa shape index (κ2) is 8.02. The fraction of sp³-hybridized carbons (Fsp3) is 0.320. The van der Waals surface area contributed by atoms with E-state index in [0.29, 0.717) is 17.9 Å². The van der Waals surface area contributed by atoms with Crippen molar-refractivity contribution in [2.75, 3.05) is 7.05 Å². The van der Waals surface area contributed by atoms with Crippen LogP contribution in [-0.2, 0) is 42.6 Å². The monoisotopic (exact) mass is 476 g/mol. The van der Waals surface area contributed by atoms with Crippen LogP contribution in [0.3, 0.4) is 0 Å². The van der Waals surface area contributed by atoms with Crippen molar-refractivity contribution in [3.8, 4) is 11.4 Å². The van der Waals surface area contributed by atoms with E-state index in [9.17, 15) is 19.2 Å². The molecule has 4 heterocycles. The number of nitrogens with two attached hydrogens (primary N) is 1. The van der Waals surface area contributed by atoms with Gasteiger partial charge in [0.15, 0.2) is 6.17 Å². The number of aromatic nitrogens is 2. The van der Waals surface area contributed by atoms with Crippen molar-refractivity contribution in [1.29, 1.82) is 0 Å². The highest BCUT2D eigenvalue weighted by Gasteiger charge is 2.51. The van der Waals surface area contributed by atoms with E-state index in [1.165, 1.54) is 14.0 Å². The molecule has 0 spiro atoms. The van der Waals surface area contributed by atoms with Crippen LogP contribution in [0.5, 0.6) is 0 Å². The standard InChI is InChI=1S/C25H24N4O6/c1-4-25(35-23(32)21(26)28(3)13(2)30)17-10-19-20-15(9-14-7-5-6-8-18(14)27-20)11-29(19)22(31)16(17)12-34-24(25)33/h5-10,21H,4,11-12,26H2,1-3H3/t21-,25?/m0/s1. The molecule has 0 saturated carbocycles. The number of carbonyl (C=O) groups excluding carboxylic acids is 3. The maximum Gasteiger partial charge on any atom is 0.355 e.